The van der Waals surface area contributed by atoms with E-state index in [1.54, 1.807) is 16.6 Å². The molecule has 2 atom stereocenters. The number of nitrogen functional groups attached to an aromatic ring is 1. The van der Waals surface area contributed by atoms with E-state index >= 15 is 0 Å². The number of anilines is 1. The van der Waals surface area contributed by atoms with Gasteiger partial charge in [0.15, 0.2) is 0 Å². The lowest BCUT2D eigenvalue weighted by atomic mass is 10.2. The van der Waals surface area contributed by atoms with Gasteiger partial charge in [0.1, 0.15) is 5.69 Å². The number of aromatic nitrogens is 2. The minimum Gasteiger partial charge on any atom is -0.395 e. The Morgan fingerprint density at radius 2 is 2.00 bits per heavy atom. The van der Waals surface area contributed by atoms with Gasteiger partial charge in [-0.3, -0.25) is 9.48 Å². The molecule has 1 aromatic heterocycles. The van der Waals surface area contributed by atoms with Crippen LogP contribution in [0.3, 0.4) is 0 Å². The summed E-state index contributed by atoms with van der Waals surface area (Å²) in [5.41, 5.74) is 7.79. The molecule has 6 nitrogen and oxygen atoms in total. The van der Waals surface area contributed by atoms with Crippen LogP contribution in [0.25, 0.3) is 0 Å². The van der Waals surface area contributed by atoms with Gasteiger partial charge in [0.05, 0.1) is 23.6 Å². The Hall–Kier alpha value is -1.56. The summed E-state index contributed by atoms with van der Waals surface area (Å²) in [7, 11) is 1.76. The number of amides is 1. The molecule has 2 rings (SSSR count). The Balaban J connectivity index is 2.26. The van der Waals surface area contributed by atoms with E-state index in [1.807, 2.05) is 20.8 Å². The zero-order chi connectivity index (χ0) is 14.2. The van der Waals surface area contributed by atoms with Crippen molar-refractivity contribution < 1.29 is 9.53 Å². The number of nitrogens with zero attached hydrogens (tertiary/aromatic N) is 3. The van der Waals surface area contributed by atoms with Crippen LogP contribution in [0.4, 0.5) is 5.69 Å². The van der Waals surface area contributed by atoms with Crippen molar-refractivity contribution >= 4 is 11.6 Å². The number of ether oxygens (including phenoxy) is 1. The molecule has 0 aromatic carbocycles. The van der Waals surface area contributed by atoms with Crippen molar-refractivity contribution in [3.8, 4) is 0 Å². The largest absolute Gasteiger partial charge is 0.395 e. The highest BCUT2D eigenvalue weighted by molar-refractivity contribution is 5.98. The highest BCUT2D eigenvalue weighted by atomic mass is 16.5. The highest BCUT2D eigenvalue weighted by Crippen LogP contribution is 2.21. The number of carbonyl (C=O) groups excluding carboxylic acids is 1. The number of morpholine rings is 1. The van der Waals surface area contributed by atoms with Crippen LogP contribution in [0.1, 0.15) is 37.0 Å². The van der Waals surface area contributed by atoms with E-state index in [1.165, 1.54) is 0 Å². The van der Waals surface area contributed by atoms with Crippen LogP contribution in [0.2, 0.25) is 0 Å². The van der Waals surface area contributed by atoms with Crippen LogP contribution < -0.4 is 5.73 Å². The molecule has 1 fully saturated rings. The molecular formula is C13H22N4O2. The predicted molar refractivity (Wildman–Crippen MR) is 72.9 cm³/mol. The molecule has 2 N–H and O–H groups in total. The van der Waals surface area contributed by atoms with Crippen molar-refractivity contribution in [1.29, 1.82) is 0 Å². The van der Waals surface area contributed by atoms with Gasteiger partial charge >= 0.3 is 0 Å². The summed E-state index contributed by atoms with van der Waals surface area (Å²) >= 11 is 0. The summed E-state index contributed by atoms with van der Waals surface area (Å²) in [5, 5.41) is 4.30. The van der Waals surface area contributed by atoms with E-state index in [-0.39, 0.29) is 18.1 Å². The summed E-state index contributed by atoms with van der Waals surface area (Å²) in [6, 6.07) is 0. The van der Waals surface area contributed by atoms with Crippen molar-refractivity contribution in [1.82, 2.24) is 14.7 Å². The minimum atomic E-state index is -0.0609. The van der Waals surface area contributed by atoms with Crippen LogP contribution in [0.15, 0.2) is 0 Å². The van der Waals surface area contributed by atoms with Crippen LogP contribution in [0, 0.1) is 0 Å². The number of hydrogen-bond donors (Lipinski definition) is 1. The fourth-order valence-corrected chi connectivity index (χ4v) is 2.60. The van der Waals surface area contributed by atoms with Crippen molar-refractivity contribution in [2.45, 2.75) is 39.4 Å². The molecule has 1 aliphatic rings. The third-order valence-corrected chi connectivity index (χ3v) is 3.40. The van der Waals surface area contributed by atoms with Gasteiger partial charge in [-0.1, -0.05) is 6.92 Å². The SMILES string of the molecule is CCc1nn(C)c(C(=O)N2C[C@@H](C)O[C@@H](C)C2)c1N. The van der Waals surface area contributed by atoms with Crippen molar-refractivity contribution in [3.63, 3.8) is 0 Å². The molecule has 0 radical (unpaired) electrons. The molecule has 1 aromatic rings. The van der Waals surface area contributed by atoms with Gasteiger partial charge < -0.3 is 15.4 Å². The molecule has 106 valence electrons. The number of carbonyl (C=O) groups is 1. The average molecular weight is 266 g/mol. The normalized spacial score (nSPS) is 23.7. The summed E-state index contributed by atoms with van der Waals surface area (Å²) < 4.78 is 7.23. The molecule has 0 unspecified atom stereocenters. The molecule has 2 heterocycles. The molecule has 0 bridgehead atoms. The second-order valence-corrected chi connectivity index (χ2v) is 5.15. The van der Waals surface area contributed by atoms with Gasteiger partial charge in [-0.15, -0.1) is 0 Å². The topological polar surface area (TPSA) is 73.4 Å². The number of rotatable bonds is 2. The number of nitrogens with two attached hydrogens (primary N) is 1. The molecule has 0 spiro atoms. The second-order valence-electron chi connectivity index (χ2n) is 5.15. The third kappa shape index (κ3) is 2.58. The number of hydrogen-bond acceptors (Lipinski definition) is 4. The van der Waals surface area contributed by atoms with Gasteiger partial charge in [0, 0.05) is 20.1 Å². The second kappa shape index (κ2) is 5.21. The standard InChI is InChI=1S/C13H22N4O2/c1-5-10-11(14)12(16(4)15-10)13(18)17-6-8(2)19-9(3)7-17/h8-9H,5-7,14H2,1-4H3/t8-,9+. The van der Waals surface area contributed by atoms with Crippen molar-refractivity contribution in [2.75, 3.05) is 18.8 Å². The van der Waals surface area contributed by atoms with Gasteiger partial charge in [-0.25, -0.2) is 0 Å². The lowest BCUT2D eigenvalue weighted by molar-refractivity contribution is -0.0588. The molecule has 6 heteroatoms. The van der Waals surface area contributed by atoms with Crippen molar-refractivity contribution in [2.24, 2.45) is 7.05 Å². The Morgan fingerprint density at radius 1 is 1.42 bits per heavy atom. The lowest BCUT2D eigenvalue weighted by Gasteiger charge is -2.35. The quantitative estimate of drug-likeness (QED) is 0.860. The predicted octanol–water partition coefficient (Wildman–Crippen LogP) is 0.814. The van der Waals surface area contributed by atoms with E-state index in [0.29, 0.717) is 24.5 Å². The van der Waals surface area contributed by atoms with Crippen LogP contribution >= 0.6 is 0 Å². The fourth-order valence-electron chi connectivity index (χ4n) is 2.60. The summed E-state index contributed by atoms with van der Waals surface area (Å²) in [6.45, 7) is 7.11. The monoisotopic (exact) mass is 266 g/mol. The smallest absolute Gasteiger partial charge is 0.274 e. The first-order valence-electron chi connectivity index (χ1n) is 6.70. The minimum absolute atomic E-state index is 0.0489. The molecule has 1 amide bonds. The first-order chi connectivity index (χ1) is 8.93. The Kier molecular flexibility index (Phi) is 3.80. The van der Waals surface area contributed by atoms with Gasteiger partial charge in [0.2, 0.25) is 0 Å². The molecule has 0 saturated carbocycles. The first-order valence-corrected chi connectivity index (χ1v) is 6.70. The molecule has 1 aliphatic heterocycles. The zero-order valence-electron chi connectivity index (χ0n) is 12.0. The molecule has 0 aliphatic carbocycles. The number of aryl methyl sites for hydroxylation is 2. The Labute approximate surface area is 113 Å². The Bertz CT molecular complexity index is 473. The van der Waals surface area contributed by atoms with E-state index in [9.17, 15) is 4.79 Å². The van der Waals surface area contributed by atoms with Gasteiger partial charge in [0.25, 0.3) is 5.91 Å². The van der Waals surface area contributed by atoms with E-state index in [0.717, 1.165) is 12.1 Å². The van der Waals surface area contributed by atoms with Gasteiger partial charge in [-0.05, 0) is 20.3 Å². The van der Waals surface area contributed by atoms with Gasteiger partial charge in [-0.2, -0.15) is 5.10 Å². The van der Waals surface area contributed by atoms with E-state index < -0.39 is 0 Å². The summed E-state index contributed by atoms with van der Waals surface area (Å²) in [6.07, 6.45) is 0.823. The van der Waals surface area contributed by atoms with Crippen molar-refractivity contribution in [3.05, 3.63) is 11.4 Å². The average Bonchev–Trinajstić information content (AvgIpc) is 2.62. The Morgan fingerprint density at radius 3 is 2.47 bits per heavy atom. The zero-order valence-corrected chi connectivity index (χ0v) is 12.0. The maximum Gasteiger partial charge on any atom is 0.274 e. The molecule has 19 heavy (non-hydrogen) atoms. The van der Waals surface area contributed by atoms with E-state index in [2.05, 4.69) is 5.10 Å². The maximum atomic E-state index is 12.6. The third-order valence-electron chi connectivity index (χ3n) is 3.40. The summed E-state index contributed by atoms with van der Waals surface area (Å²) in [4.78, 5) is 14.4. The highest BCUT2D eigenvalue weighted by Gasteiger charge is 2.30. The first kappa shape index (κ1) is 13.9. The lowest BCUT2D eigenvalue weighted by Crippen LogP contribution is -2.48. The maximum absolute atomic E-state index is 12.6. The van der Waals surface area contributed by atoms with Crippen LogP contribution in [0.5, 0.6) is 0 Å². The fraction of sp³-hybridized carbons (Fsp3) is 0.692. The molecule has 1 saturated heterocycles. The summed E-state index contributed by atoms with van der Waals surface area (Å²) in [5.74, 6) is -0.0609. The molecular weight excluding hydrogens is 244 g/mol. The van der Waals surface area contributed by atoms with Crippen LogP contribution in [-0.2, 0) is 18.2 Å². The van der Waals surface area contributed by atoms with Crippen LogP contribution in [-0.4, -0.2) is 45.9 Å². The van der Waals surface area contributed by atoms with E-state index in [4.69, 9.17) is 10.5 Å².